The molecule has 0 spiro atoms. The number of carbonyl (C=O) groups is 1. The molecule has 7 heteroatoms. The third kappa shape index (κ3) is 3.24. The van der Waals surface area contributed by atoms with Gasteiger partial charge in [-0.2, -0.15) is 0 Å². The Hall–Kier alpha value is -2.28. The highest BCUT2D eigenvalue weighted by molar-refractivity contribution is 5.90. The Morgan fingerprint density at radius 3 is 2.78 bits per heavy atom. The molecular weight excluding hydrogens is 297 g/mol. The largest absolute Gasteiger partial charge is 0.349 e. The molecule has 1 aliphatic heterocycles. The van der Waals surface area contributed by atoms with Gasteiger partial charge in [-0.05, 0) is 12.1 Å². The van der Waals surface area contributed by atoms with E-state index in [1.165, 1.54) is 10.7 Å². The lowest BCUT2D eigenvalue weighted by atomic mass is 10.0. The predicted octanol–water partition coefficient (Wildman–Crippen LogP) is 1.48. The van der Waals surface area contributed by atoms with E-state index in [4.69, 9.17) is 0 Å². The Morgan fingerprint density at radius 1 is 1.43 bits per heavy atom. The first kappa shape index (κ1) is 15.6. The second kappa shape index (κ2) is 6.45. The van der Waals surface area contributed by atoms with Gasteiger partial charge < -0.3 is 10.6 Å². The molecule has 1 amide bonds. The average Bonchev–Trinajstić information content (AvgIpc) is 2.91. The number of para-hydroxylation sites is 1. The molecule has 0 unspecified atom stereocenters. The Kier molecular flexibility index (Phi) is 4.38. The molecule has 0 saturated carbocycles. The second-order valence-electron chi connectivity index (χ2n) is 6.05. The van der Waals surface area contributed by atoms with E-state index in [0.29, 0.717) is 24.0 Å². The maximum absolute atomic E-state index is 14.0. The van der Waals surface area contributed by atoms with Gasteiger partial charge in [0, 0.05) is 31.5 Å². The molecule has 1 aliphatic rings. The quantitative estimate of drug-likeness (QED) is 0.876. The van der Waals surface area contributed by atoms with Crippen LogP contribution in [0, 0.1) is 11.7 Å². The smallest absolute Gasteiger partial charge is 0.290 e. The Labute approximate surface area is 134 Å². The van der Waals surface area contributed by atoms with Crippen LogP contribution in [0.2, 0.25) is 0 Å². The summed E-state index contributed by atoms with van der Waals surface area (Å²) in [7, 11) is 0. The fourth-order valence-corrected chi connectivity index (χ4v) is 2.40. The van der Waals surface area contributed by atoms with Crippen molar-refractivity contribution in [2.24, 2.45) is 5.92 Å². The van der Waals surface area contributed by atoms with Crippen LogP contribution < -0.4 is 10.6 Å². The number of aromatic nitrogens is 3. The highest BCUT2D eigenvalue weighted by Gasteiger charge is 2.22. The summed E-state index contributed by atoms with van der Waals surface area (Å²) >= 11 is 0. The molecule has 1 aromatic heterocycles. The molecule has 23 heavy (non-hydrogen) atoms. The van der Waals surface area contributed by atoms with E-state index >= 15 is 0 Å². The van der Waals surface area contributed by atoms with Crippen LogP contribution in [-0.4, -0.2) is 40.3 Å². The van der Waals surface area contributed by atoms with Crippen molar-refractivity contribution in [1.29, 1.82) is 0 Å². The SMILES string of the molecule is CC(C)c1nc(C(=O)NCC2CNC2)nn1-c1ccccc1F. The third-order valence-electron chi connectivity index (χ3n) is 3.85. The molecule has 0 radical (unpaired) electrons. The van der Waals surface area contributed by atoms with E-state index in [0.717, 1.165) is 13.1 Å². The van der Waals surface area contributed by atoms with Gasteiger partial charge in [-0.25, -0.2) is 14.1 Å². The minimum absolute atomic E-state index is 0.0134. The first-order valence-corrected chi connectivity index (χ1v) is 7.77. The first-order valence-electron chi connectivity index (χ1n) is 7.77. The number of rotatable bonds is 5. The molecular formula is C16H20FN5O. The standard InChI is InChI=1S/C16H20FN5O/c1-10(2)15-20-14(16(23)19-9-11-7-18-8-11)21-22(15)13-6-4-3-5-12(13)17/h3-6,10-11,18H,7-9H2,1-2H3,(H,19,23). The van der Waals surface area contributed by atoms with Gasteiger partial charge in [-0.1, -0.05) is 26.0 Å². The average molecular weight is 317 g/mol. The van der Waals surface area contributed by atoms with E-state index in [9.17, 15) is 9.18 Å². The topological polar surface area (TPSA) is 71.8 Å². The number of hydrogen-bond acceptors (Lipinski definition) is 4. The molecule has 2 heterocycles. The number of nitrogens with one attached hydrogen (secondary N) is 2. The van der Waals surface area contributed by atoms with Gasteiger partial charge in [-0.15, -0.1) is 5.10 Å². The summed E-state index contributed by atoms with van der Waals surface area (Å²) in [5.74, 6) is 0.382. The molecule has 0 aliphatic carbocycles. The molecule has 122 valence electrons. The summed E-state index contributed by atoms with van der Waals surface area (Å²) in [6.07, 6.45) is 0. The van der Waals surface area contributed by atoms with Gasteiger partial charge in [0.1, 0.15) is 17.3 Å². The molecule has 0 atom stereocenters. The van der Waals surface area contributed by atoms with Gasteiger partial charge in [0.15, 0.2) is 0 Å². The number of hydrogen-bond donors (Lipinski definition) is 2. The molecule has 2 N–H and O–H groups in total. The van der Waals surface area contributed by atoms with Crippen LogP contribution in [0.15, 0.2) is 24.3 Å². The Balaban J connectivity index is 1.86. The van der Waals surface area contributed by atoms with Crippen LogP contribution in [0.4, 0.5) is 4.39 Å². The fourth-order valence-electron chi connectivity index (χ4n) is 2.40. The van der Waals surface area contributed by atoms with Gasteiger partial charge in [0.2, 0.25) is 5.82 Å². The molecule has 1 saturated heterocycles. The highest BCUT2D eigenvalue weighted by atomic mass is 19.1. The van der Waals surface area contributed by atoms with Crippen LogP contribution in [-0.2, 0) is 0 Å². The van der Waals surface area contributed by atoms with Crippen molar-refractivity contribution in [3.05, 3.63) is 41.7 Å². The first-order chi connectivity index (χ1) is 11.1. The maximum atomic E-state index is 14.0. The number of carbonyl (C=O) groups excluding carboxylic acids is 1. The van der Waals surface area contributed by atoms with Crippen molar-refractivity contribution in [1.82, 2.24) is 25.4 Å². The van der Waals surface area contributed by atoms with Crippen molar-refractivity contribution in [3.63, 3.8) is 0 Å². The van der Waals surface area contributed by atoms with Crippen molar-refractivity contribution in [3.8, 4) is 5.69 Å². The van der Waals surface area contributed by atoms with Crippen LogP contribution in [0.3, 0.4) is 0 Å². The van der Waals surface area contributed by atoms with E-state index < -0.39 is 5.82 Å². The second-order valence-corrected chi connectivity index (χ2v) is 6.05. The zero-order valence-electron chi connectivity index (χ0n) is 13.2. The summed E-state index contributed by atoms with van der Waals surface area (Å²) < 4.78 is 15.5. The summed E-state index contributed by atoms with van der Waals surface area (Å²) in [6, 6.07) is 6.33. The summed E-state index contributed by atoms with van der Waals surface area (Å²) in [5.41, 5.74) is 0.297. The van der Waals surface area contributed by atoms with E-state index in [-0.39, 0.29) is 17.6 Å². The summed E-state index contributed by atoms with van der Waals surface area (Å²) in [5, 5.41) is 10.2. The number of halogens is 1. The zero-order chi connectivity index (χ0) is 16.4. The number of amides is 1. The van der Waals surface area contributed by atoms with Crippen LogP contribution in [0.5, 0.6) is 0 Å². The van der Waals surface area contributed by atoms with Gasteiger partial charge >= 0.3 is 0 Å². The Morgan fingerprint density at radius 2 is 2.17 bits per heavy atom. The molecule has 0 bridgehead atoms. The molecule has 6 nitrogen and oxygen atoms in total. The normalized spacial score (nSPS) is 14.8. The number of nitrogens with zero attached hydrogens (tertiary/aromatic N) is 3. The predicted molar refractivity (Wildman–Crippen MR) is 84.1 cm³/mol. The highest BCUT2D eigenvalue weighted by Crippen LogP contribution is 2.19. The zero-order valence-corrected chi connectivity index (χ0v) is 13.2. The lowest BCUT2D eigenvalue weighted by Gasteiger charge is -2.26. The summed E-state index contributed by atoms with van der Waals surface area (Å²) in [4.78, 5) is 16.5. The van der Waals surface area contributed by atoms with E-state index in [1.807, 2.05) is 13.8 Å². The Bertz CT molecular complexity index is 708. The van der Waals surface area contributed by atoms with Crippen molar-refractivity contribution < 1.29 is 9.18 Å². The van der Waals surface area contributed by atoms with Crippen LogP contribution >= 0.6 is 0 Å². The van der Waals surface area contributed by atoms with Gasteiger partial charge in [0.25, 0.3) is 5.91 Å². The van der Waals surface area contributed by atoms with Crippen LogP contribution in [0.1, 0.15) is 36.2 Å². The molecule has 3 rings (SSSR count). The minimum atomic E-state index is -0.396. The molecule has 1 aromatic carbocycles. The van der Waals surface area contributed by atoms with Gasteiger partial charge in [0.05, 0.1) is 0 Å². The van der Waals surface area contributed by atoms with Gasteiger partial charge in [-0.3, -0.25) is 4.79 Å². The minimum Gasteiger partial charge on any atom is -0.349 e. The molecule has 1 fully saturated rings. The van der Waals surface area contributed by atoms with Crippen LogP contribution in [0.25, 0.3) is 5.69 Å². The lowest BCUT2D eigenvalue weighted by molar-refractivity contribution is 0.0932. The van der Waals surface area contributed by atoms with E-state index in [1.54, 1.807) is 18.2 Å². The maximum Gasteiger partial charge on any atom is 0.290 e. The monoisotopic (exact) mass is 317 g/mol. The summed E-state index contributed by atoms with van der Waals surface area (Å²) in [6.45, 7) is 6.28. The van der Waals surface area contributed by atoms with Crippen molar-refractivity contribution in [2.75, 3.05) is 19.6 Å². The third-order valence-corrected chi connectivity index (χ3v) is 3.85. The fraction of sp³-hybridized carbons (Fsp3) is 0.438. The van der Waals surface area contributed by atoms with Crippen molar-refractivity contribution >= 4 is 5.91 Å². The number of benzene rings is 1. The molecule has 2 aromatic rings. The van der Waals surface area contributed by atoms with Crippen molar-refractivity contribution in [2.45, 2.75) is 19.8 Å². The lowest BCUT2D eigenvalue weighted by Crippen LogP contribution is -2.48. The van der Waals surface area contributed by atoms with E-state index in [2.05, 4.69) is 20.7 Å².